The van der Waals surface area contributed by atoms with Crippen LogP contribution in [0.25, 0.3) is 27.2 Å². The maximum absolute atomic E-state index is 14.9. The predicted octanol–water partition coefficient (Wildman–Crippen LogP) is 6.61. The van der Waals surface area contributed by atoms with Crippen molar-refractivity contribution in [1.82, 2.24) is 24.3 Å². The summed E-state index contributed by atoms with van der Waals surface area (Å²) < 4.78 is 19.3. The monoisotopic (exact) mass is 472 g/mol. The van der Waals surface area contributed by atoms with Crippen LogP contribution in [0.15, 0.2) is 72.7 Å². The molecule has 0 fully saturated rings. The number of hydrogen-bond donors (Lipinski definition) is 1. The van der Waals surface area contributed by atoms with Crippen LogP contribution in [0.2, 0.25) is 0 Å². The van der Waals surface area contributed by atoms with Crippen molar-refractivity contribution in [3.05, 3.63) is 89.8 Å². The lowest BCUT2D eigenvalue weighted by molar-refractivity contribution is 0.614. The van der Waals surface area contributed by atoms with Crippen molar-refractivity contribution in [2.45, 2.75) is 33.7 Å². The van der Waals surface area contributed by atoms with Gasteiger partial charge >= 0.3 is 0 Å². The molecule has 4 aromatic rings. The SMILES string of the molecule is C\C=C/C(=C\C(C)=C\CC)c1ncc(CNc2nsc(-c3cc4cccnc4cn3)n2)cc1F. The van der Waals surface area contributed by atoms with Crippen LogP contribution < -0.4 is 5.32 Å². The summed E-state index contributed by atoms with van der Waals surface area (Å²) in [6.07, 6.45) is 13.9. The van der Waals surface area contributed by atoms with E-state index in [1.54, 1.807) is 18.6 Å². The minimum Gasteiger partial charge on any atom is -0.349 e. The van der Waals surface area contributed by atoms with Crippen LogP contribution in [0.1, 0.15) is 38.4 Å². The molecule has 4 heterocycles. The van der Waals surface area contributed by atoms with Gasteiger partial charge < -0.3 is 5.32 Å². The van der Waals surface area contributed by atoms with Crippen molar-refractivity contribution in [2.24, 2.45) is 0 Å². The molecule has 0 aliphatic heterocycles. The second-order valence-corrected chi connectivity index (χ2v) is 8.42. The van der Waals surface area contributed by atoms with E-state index in [2.05, 4.69) is 42.6 Å². The number of nitrogens with one attached hydrogen (secondary N) is 1. The van der Waals surface area contributed by atoms with Gasteiger partial charge in [-0.1, -0.05) is 42.9 Å². The molecule has 0 radical (unpaired) electrons. The summed E-state index contributed by atoms with van der Waals surface area (Å²) in [6.45, 7) is 6.33. The van der Waals surface area contributed by atoms with E-state index >= 15 is 0 Å². The van der Waals surface area contributed by atoms with Gasteiger partial charge in [-0.2, -0.15) is 9.36 Å². The van der Waals surface area contributed by atoms with Crippen molar-refractivity contribution in [2.75, 3.05) is 5.32 Å². The molecule has 0 unspecified atom stereocenters. The number of fused-ring (bicyclic) bond motifs is 1. The van der Waals surface area contributed by atoms with Gasteiger partial charge in [0.15, 0.2) is 5.01 Å². The summed E-state index contributed by atoms with van der Waals surface area (Å²) >= 11 is 1.25. The van der Waals surface area contributed by atoms with Gasteiger partial charge in [-0.15, -0.1) is 0 Å². The summed E-state index contributed by atoms with van der Waals surface area (Å²) in [5.41, 5.74) is 4.41. The van der Waals surface area contributed by atoms with E-state index in [1.165, 1.54) is 17.6 Å². The van der Waals surface area contributed by atoms with Gasteiger partial charge in [-0.3, -0.25) is 15.0 Å². The van der Waals surface area contributed by atoms with E-state index < -0.39 is 0 Å². The Kier molecular flexibility index (Phi) is 7.49. The Bertz CT molecular complexity index is 1390. The van der Waals surface area contributed by atoms with E-state index in [0.717, 1.165) is 34.2 Å². The van der Waals surface area contributed by atoms with Gasteiger partial charge in [0.2, 0.25) is 5.95 Å². The zero-order valence-electron chi connectivity index (χ0n) is 19.3. The Balaban J connectivity index is 1.47. The Hall–Kier alpha value is -3.78. The quantitative estimate of drug-likeness (QED) is 0.291. The fourth-order valence-corrected chi connectivity index (χ4v) is 4.07. The smallest absolute Gasteiger partial charge is 0.235 e. The molecule has 0 aromatic carbocycles. The van der Waals surface area contributed by atoms with Gasteiger partial charge in [0.1, 0.15) is 17.2 Å². The third-order valence-corrected chi connectivity index (χ3v) is 5.75. The first-order valence-electron chi connectivity index (χ1n) is 11.0. The maximum Gasteiger partial charge on any atom is 0.235 e. The number of anilines is 1. The third-order valence-electron chi connectivity index (χ3n) is 5.01. The van der Waals surface area contributed by atoms with Gasteiger partial charge in [-0.05, 0) is 55.6 Å². The Morgan fingerprint density at radius 1 is 1.18 bits per heavy atom. The normalized spacial score (nSPS) is 12.6. The first-order chi connectivity index (χ1) is 16.6. The fraction of sp³-hybridized carbons (Fsp3) is 0.192. The third kappa shape index (κ3) is 5.58. The Labute approximate surface area is 202 Å². The zero-order valence-corrected chi connectivity index (χ0v) is 20.1. The first kappa shape index (κ1) is 23.4. The van der Waals surface area contributed by atoms with Crippen LogP contribution >= 0.6 is 11.5 Å². The average molecular weight is 473 g/mol. The van der Waals surface area contributed by atoms with Gasteiger partial charge in [-0.25, -0.2) is 4.39 Å². The zero-order chi connectivity index (χ0) is 23.9. The second-order valence-electron chi connectivity index (χ2n) is 7.67. The lowest BCUT2D eigenvalue weighted by Crippen LogP contribution is -2.04. The lowest BCUT2D eigenvalue weighted by atomic mass is 10.1. The van der Waals surface area contributed by atoms with E-state index in [-0.39, 0.29) is 5.82 Å². The molecule has 4 aromatic heterocycles. The van der Waals surface area contributed by atoms with Crippen molar-refractivity contribution in [1.29, 1.82) is 0 Å². The molecule has 1 N–H and O–H groups in total. The molecule has 0 bridgehead atoms. The van der Waals surface area contributed by atoms with E-state index in [4.69, 9.17) is 0 Å². The molecule has 34 heavy (non-hydrogen) atoms. The number of nitrogens with zero attached hydrogens (tertiary/aromatic N) is 5. The highest BCUT2D eigenvalue weighted by atomic mass is 32.1. The number of halogens is 1. The summed E-state index contributed by atoms with van der Waals surface area (Å²) in [6, 6.07) is 7.31. The first-order valence-corrected chi connectivity index (χ1v) is 11.8. The fourth-order valence-electron chi connectivity index (χ4n) is 3.46. The molecule has 0 amide bonds. The molecule has 0 saturated carbocycles. The molecular formula is C26H25FN6S. The largest absolute Gasteiger partial charge is 0.349 e. The Morgan fingerprint density at radius 2 is 2.06 bits per heavy atom. The van der Waals surface area contributed by atoms with Gasteiger partial charge in [0.25, 0.3) is 0 Å². The van der Waals surface area contributed by atoms with Crippen LogP contribution in [0.5, 0.6) is 0 Å². The minimum absolute atomic E-state index is 0.330. The average Bonchev–Trinajstić information content (AvgIpc) is 3.32. The molecular weight excluding hydrogens is 447 g/mol. The van der Waals surface area contributed by atoms with Crippen molar-refractivity contribution in [3.8, 4) is 10.7 Å². The van der Waals surface area contributed by atoms with Gasteiger partial charge in [0.05, 0.1) is 11.7 Å². The van der Waals surface area contributed by atoms with Crippen molar-refractivity contribution in [3.63, 3.8) is 0 Å². The summed E-state index contributed by atoms with van der Waals surface area (Å²) in [5.74, 6) is 0.0984. The molecule has 0 aliphatic carbocycles. The highest BCUT2D eigenvalue weighted by molar-refractivity contribution is 7.09. The minimum atomic E-state index is -0.367. The van der Waals surface area contributed by atoms with Crippen LogP contribution in [0.3, 0.4) is 0 Å². The van der Waals surface area contributed by atoms with Crippen LogP contribution in [0, 0.1) is 5.82 Å². The number of rotatable bonds is 8. The van der Waals surface area contributed by atoms with Gasteiger partial charge in [0, 0.05) is 29.9 Å². The molecule has 0 saturated heterocycles. The lowest BCUT2D eigenvalue weighted by Gasteiger charge is -2.08. The Morgan fingerprint density at radius 3 is 2.85 bits per heavy atom. The number of hydrogen-bond acceptors (Lipinski definition) is 7. The van der Waals surface area contributed by atoms with Crippen LogP contribution in [-0.4, -0.2) is 24.3 Å². The van der Waals surface area contributed by atoms with Crippen molar-refractivity contribution < 1.29 is 4.39 Å². The van der Waals surface area contributed by atoms with Crippen molar-refractivity contribution >= 4 is 34.0 Å². The molecule has 0 aliphatic rings. The summed E-state index contributed by atoms with van der Waals surface area (Å²) in [5, 5.41) is 4.83. The van der Waals surface area contributed by atoms with E-state index in [9.17, 15) is 4.39 Å². The molecule has 8 heteroatoms. The van der Waals surface area contributed by atoms with E-state index in [1.807, 2.05) is 50.3 Å². The number of pyridine rings is 3. The standard InChI is InChI=1S/C26H25FN6S/c1-4-7-17(3)11-20(8-5-2)24-21(27)12-18(14-30-24)15-31-26-32-25(34-33-26)22-13-19-9-6-10-28-23(19)16-29-22/h5-14,16H,4,15H2,1-3H3,(H,31,33)/b8-5-,17-7+,20-11+. The molecule has 4 rings (SSSR count). The second kappa shape index (κ2) is 10.9. The number of allylic oxidation sites excluding steroid dienone is 6. The highest BCUT2D eigenvalue weighted by Crippen LogP contribution is 2.25. The molecule has 172 valence electrons. The van der Waals surface area contributed by atoms with Crippen LogP contribution in [0.4, 0.5) is 10.3 Å². The molecule has 0 spiro atoms. The summed E-state index contributed by atoms with van der Waals surface area (Å²) in [4.78, 5) is 17.6. The topological polar surface area (TPSA) is 76.5 Å². The molecule has 6 nitrogen and oxygen atoms in total. The number of aromatic nitrogens is 5. The highest BCUT2D eigenvalue weighted by Gasteiger charge is 2.11. The maximum atomic E-state index is 14.9. The van der Waals surface area contributed by atoms with E-state index in [0.29, 0.717) is 28.8 Å². The predicted molar refractivity (Wildman–Crippen MR) is 137 cm³/mol. The van der Waals surface area contributed by atoms with Crippen LogP contribution in [-0.2, 0) is 6.54 Å². The molecule has 0 atom stereocenters. The summed E-state index contributed by atoms with van der Waals surface area (Å²) in [7, 11) is 0.